The van der Waals surface area contributed by atoms with Crippen LogP contribution in [0.2, 0.25) is 0 Å². The molecule has 4 atom stereocenters. The lowest BCUT2D eigenvalue weighted by atomic mass is 9.72. The Balaban J connectivity index is 1.12. The lowest BCUT2D eigenvalue weighted by Gasteiger charge is -2.44. The van der Waals surface area contributed by atoms with E-state index in [1.165, 1.54) is 70.5 Å². The number of benzene rings is 3. The number of piperidine rings is 1. The number of pyridine rings is 1. The van der Waals surface area contributed by atoms with Crippen LogP contribution in [0.1, 0.15) is 69.6 Å². The largest absolute Gasteiger partial charge is 0.508 e. The second-order valence-corrected chi connectivity index (χ2v) is 16.6. The van der Waals surface area contributed by atoms with Crippen molar-refractivity contribution in [3.63, 3.8) is 0 Å². The standard InChI is InChI=1S/C47H47F3N6O3/c1-53-16-14-31-22-37(26-52-45(31)53)56(35-8-10-38(57)11-9-35)47(59)41-24-42(54(2)43(41)25-44(49)50)40-23-33(48)7-12-39(40)46(58)55-27-32-6-4-3-5-30(32)21-36(55)20-29-17-28-13-15-51-34(18-28)19-29/h3-12,14,16,22-24,26,28-29,34,36,44,51,57H,13,15,17-21,25,27H2,1-2H3/t28?,29?,34?,36-/m0/s1. The predicted octanol–water partition coefficient (Wildman–Crippen LogP) is 8.95. The average molecular weight is 801 g/mol. The molecule has 1 saturated heterocycles. The van der Waals surface area contributed by atoms with E-state index in [0.717, 1.165) is 36.8 Å². The summed E-state index contributed by atoms with van der Waals surface area (Å²) in [6.07, 6.45) is 5.94. The molecule has 2 aliphatic heterocycles. The topological polar surface area (TPSA) is 95.6 Å². The molecule has 59 heavy (non-hydrogen) atoms. The zero-order chi connectivity index (χ0) is 40.9. The van der Waals surface area contributed by atoms with Gasteiger partial charge < -0.3 is 24.5 Å². The summed E-state index contributed by atoms with van der Waals surface area (Å²) in [6.45, 7) is 1.45. The maximum Gasteiger partial charge on any atom is 0.264 e. The molecule has 2 fully saturated rings. The second kappa shape index (κ2) is 15.7. The van der Waals surface area contributed by atoms with Crippen LogP contribution >= 0.6 is 0 Å². The predicted molar refractivity (Wildman–Crippen MR) is 221 cm³/mol. The number of amides is 2. The molecule has 3 aliphatic rings. The second-order valence-electron chi connectivity index (χ2n) is 16.6. The Morgan fingerprint density at radius 3 is 2.51 bits per heavy atom. The number of phenols is 1. The van der Waals surface area contributed by atoms with Gasteiger partial charge in [-0.05, 0) is 129 Å². The first-order valence-corrected chi connectivity index (χ1v) is 20.4. The van der Waals surface area contributed by atoms with E-state index in [2.05, 4.69) is 16.4 Å². The van der Waals surface area contributed by atoms with Gasteiger partial charge >= 0.3 is 0 Å². The van der Waals surface area contributed by atoms with E-state index >= 15 is 9.18 Å². The molecule has 0 radical (unpaired) electrons. The smallest absolute Gasteiger partial charge is 0.264 e. The minimum Gasteiger partial charge on any atom is -0.508 e. The molecule has 304 valence electrons. The maximum absolute atomic E-state index is 15.4. The summed E-state index contributed by atoms with van der Waals surface area (Å²) in [4.78, 5) is 37.9. The molecule has 3 unspecified atom stereocenters. The monoisotopic (exact) mass is 800 g/mol. The van der Waals surface area contributed by atoms with E-state index in [1.807, 2.05) is 47.0 Å². The molecule has 2 N–H and O–H groups in total. The van der Waals surface area contributed by atoms with Gasteiger partial charge in [0.25, 0.3) is 11.8 Å². The first-order chi connectivity index (χ1) is 28.5. The van der Waals surface area contributed by atoms with Gasteiger partial charge in [-0.1, -0.05) is 24.3 Å². The highest BCUT2D eigenvalue weighted by molar-refractivity contribution is 6.13. The molecular formula is C47H47F3N6O3. The highest BCUT2D eigenvalue weighted by Crippen LogP contribution is 2.40. The fraction of sp³-hybridized carbons (Fsp3) is 0.340. The van der Waals surface area contributed by atoms with Gasteiger partial charge in [0.2, 0.25) is 6.43 Å². The van der Waals surface area contributed by atoms with Gasteiger partial charge in [0, 0.05) is 78.9 Å². The minimum atomic E-state index is -2.82. The molecule has 1 saturated carbocycles. The van der Waals surface area contributed by atoms with Crippen LogP contribution in [0.25, 0.3) is 22.3 Å². The van der Waals surface area contributed by atoms with Crippen molar-refractivity contribution in [2.24, 2.45) is 25.9 Å². The van der Waals surface area contributed by atoms with Crippen LogP contribution in [-0.4, -0.2) is 61.0 Å². The van der Waals surface area contributed by atoms with Crippen molar-refractivity contribution >= 4 is 34.2 Å². The quantitative estimate of drug-likeness (QED) is 0.152. The number of phenolic OH excluding ortho intramolecular Hbond substituents is 1. The third-order valence-electron chi connectivity index (χ3n) is 12.8. The number of carbonyl (C=O) groups excluding carboxylic acids is 2. The molecule has 0 spiro atoms. The minimum absolute atomic E-state index is 0.0146. The van der Waals surface area contributed by atoms with Crippen LogP contribution in [0.3, 0.4) is 0 Å². The lowest BCUT2D eigenvalue weighted by molar-refractivity contribution is 0.0568. The van der Waals surface area contributed by atoms with Gasteiger partial charge in [-0.2, -0.15) is 0 Å². The Labute approximate surface area is 341 Å². The molecule has 6 aromatic rings. The Morgan fingerprint density at radius 1 is 0.932 bits per heavy atom. The Hall–Kier alpha value is -5.88. The summed E-state index contributed by atoms with van der Waals surface area (Å²) in [6, 6.07) is 23.7. The summed E-state index contributed by atoms with van der Waals surface area (Å²) in [5.41, 5.74) is 4.41. The fourth-order valence-corrected chi connectivity index (χ4v) is 9.99. The summed E-state index contributed by atoms with van der Waals surface area (Å²) >= 11 is 0. The number of halogens is 3. The molecule has 2 bridgehead atoms. The van der Waals surface area contributed by atoms with Gasteiger partial charge in [-0.15, -0.1) is 0 Å². The maximum atomic E-state index is 15.4. The number of aromatic hydroxyl groups is 1. The average Bonchev–Trinajstić information content (AvgIpc) is 3.75. The van der Waals surface area contributed by atoms with Gasteiger partial charge in [-0.3, -0.25) is 14.5 Å². The highest BCUT2D eigenvalue weighted by atomic mass is 19.3. The summed E-state index contributed by atoms with van der Waals surface area (Å²) in [5.74, 6) is -0.379. The van der Waals surface area contributed by atoms with Crippen LogP contribution in [0, 0.1) is 17.7 Å². The molecule has 3 aromatic carbocycles. The number of nitrogens with zero attached hydrogens (tertiary/aromatic N) is 5. The normalized spacial score (nSPS) is 20.2. The summed E-state index contributed by atoms with van der Waals surface area (Å²) in [7, 11) is 3.42. The van der Waals surface area contributed by atoms with Crippen molar-refractivity contribution in [2.45, 2.75) is 70.0 Å². The molecule has 9 rings (SSSR count). The first kappa shape index (κ1) is 38.6. The first-order valence-electron chi connectivity index (χ1n) is 20.4. The van der Waals surface area contributed by atoms with Gasteiger partial charge in [0.1, 0.15) is 17.2 Å². The van der Waals surface area contributed by atoms with Crippen LogP contribution in [0.4, 0.5) is 24.5 Å². The molecular weight excluding hydrogens is 754 g/mol. The van der Waals surface area contributed by atoms with E-state index < -0.39 is 24.6 Å². The number of hydrogen-bond donors (Lipinski definition) is 2. The van der Waals surface area contributed by atoms with E-state index in [1.54, 1.807) is 25.2 Å². The van der Waals surface area contributed by atoms with Crippen molar-refractivity contribution in [2.75, 3.05) is 11.4 Å². The molecule has 1 aliphatic carbocycles. The van der Waals surface area contributed by atoms with Gasteiger partial charge in [0.05, 0.1) is 17.4 Å². The van der Waals surface area contributed by atoms with E-state index in [9.17, 15) is 18.7 Å². The number of hydrogen-bond acceptors (Lipinski definition) is 5. The van der Waals surface area contributed by atoms with Crippen molar-refractivity contribution in [1.29, 1.82) is 0 Å². The zero-order valence-electron chi connectivity index (χ0n) is 33.1. The highest BCUT2D eigenvalue weighted by Gasteiger charge is 2.38. The fourth-order valence-electron chi connectivity index (χ4n) is 9.99. The Kier molecular flexibility index (Phi) is 10.3. The van der Waals surface area contributed by atoms with Crippen molar-refractivity contribution in [3.05, 3.63) is 131 Å². The molecule has 5 heterocycles. The van der Waals surface area contributed by atoms with Crippen molar-refractivity contribution in [3.8, 4) is 17.0 Å². The number of carbonyl (C=O) groups is 2. The van der Waals surface area contributed by atoms with E-state index in [0.29, 0.717) is 47.9 Å². The third kappa shape index (κ3) is 7.50. The number of alkyl halides is 2. The zero-order valence-corrected chi connectivity index (χ0v) is 33.1. The SMILES string of the molecule is Cn1c(-c2cc(F)ccc2C(=O)N2Cc3ccccc3C[C@@H]2CC2CC3CCNC(C3)C2)cc(C(=O)N(c2ccc(O)cc2)c2cnc3c(ccn3C)c2)c1CC(F)F. The number of anilines is 2. The van der Waals surface area contributed by atoms with Crippen LogP contribution in [0.5, 0.6) is 5.75 Å². The lowest BCUT2D eigenvalue weighted by Crippen LogP contribution is -2.48. The van der Waals surface area contributed by atoms with Crippen molar-refractivity contribution in [1.82, 2.24) is 24.3 Å². The molecule has 9 nitrogen and oxygen atoms in total. The third-order valence-corrected chi connectivity index (χ3v) is 12.8. The molecule has 3 aromatic heterocycles. The molecule has 12 heteroatoms. The van der Waals surface area contributed by atoms with Crippen LogP contribution < -0.4 is 10.2 Å². The number of aryl methyl sites for hydroxylation is 1. The summed E-state index contributed by atoms with van der Waals surface area (Å²) in [5, 5.41) is 14.6. The number of rotatable bonds is 9. The van der Waals surface area contributed by atoms with Gasteiger partial charge in [-0.25, -0.2) is 18.2 Å². The summed E-state index contributed by atoms with van der Waals surface area (Å²) < 4.78 is 47.7. The Bertz CT molecular complexity index is 2540. The number of fused-ring (bicyclic) bond motifs is 4. The van der Waals surface area contributed by atoms with Crippen LogP contribution in [0.15, 0.2) is 97.3 Å². The number of aromatic nitrogens is 3. The molecule has 2 amide bonds. The van der Waals surface area contributed by atoms with Gasteiger partial charge in [0.15, 0.2) is 0 Å². The van der Waals surface area contributed by atoms with Crippen LogP contribution in [-0.2, 0) is 33.5 Å². The van der Waals surface area contributed by atoms with E-state index in [4.69, 9.17) is 0 Å². The Morgan fingerprint density at radius 2 is 1.73 bits per heavy atom. The van der Waals surface area contributed by atoms with Crippen molar-refractivity contribution < 1.29 is 27.9 Å². The van der Waals surface area contributed by atoms with E-state index in [-0.39, 0.29) is 45.8 Å². The number of nitrogens with one attached hydrogen (secondary N) is 1.